The Hall–Kier alpha value is -0.0800. The van der Waals surface area contributed by atoms with Crippen LogP contribution in [0, 0.1) is 0 Å². The minimum atomic E-state index is 0.264. The molecule has 1 N–H and O–H groups in total. The van der Waals surface area contributed by atoms with Crippen molar-refractivity contribution < 1.29 is 4.74 Å². The van der Waals surface area contributed by atoms with Crippen molar-refractivity contribution in [3.05, 3.63) is 0 Å². The van der Waals surface area contributed by atoms with Crippen LogP contribution in [0.2, 0.25) is 0 Å². The zero-order valence-corrected chi connectivity index (χ0v) is 14.6. The maximum Gasteiger partial charge on any atom is 0.0466 e. The first-order chi connectivity index (χ1) is 9.56. The summed E-state index contributed by atoms with van der Waals surface area (Å²) < 4.78 is 5.69. The summed E-state index contributed by atoms with van der Waals surface area (Å²) in [5.74, 6) is 0. The molecule has 0 aliphatic heterocycles. The Balaban J connectivity index is 2.99. The number of unbranched alkanes of at least 4 members (excludes halogenated alkanes) is 8. The molecule has 0 aromatic heterocycles. The molecule has 20 heavy (non-hydrogen) atoms. The van der Waals surface area contributed by atoms with E-state index in [1.807, 2.05) is 0 Å². The standard InChI is InChI=1S/C18H39NO/c1-5-6-7-8-10-13-16-20-17-14-11-9-12-15-19-18(2,3)4/h19H,5-17H2,1-4H3. The van der Waals surface area contributed by atoms with E-state index in [1.54, 1.807) is 0 Å². The van der Waals surface area contributed by atoms with E-state index in [0.29, 0.717) is 0 Å². The van der Waals surface area contributed by atoms with Gasteiger partial charge in [-0.3, -0.25) is 0 Å². The van der Waals surface area contributed by atoms with Gasteiger partial charge < -0.3 is 10.1 Å². The normalized spacial score (nSPS) is 12.0. The van der Waals surface area contributed by atoms with E-state index in [1.165, 1.54) is 64.2 Å². The Morgan fingerprint density at radius 1 is 0.700 bits per heavy atom. The SMILES string of the molecule is CCCCCCCCOCCCCCCNC(C)(C)C. The molecular weight excluding hydrogens is 246 g/mol. The summed E-state index contributed by atoms with van der Waals surface area (Å²) in [6, 6.07) is 0. The molecule has 0 heterocycles. The topological polar surface area (TPSA) is 21.3 Å². The molecular formula is C18H39NO. The summed E-state index contributed by atoms with van der Waals surface area (Å²) >= 11 is 0. The minimum absolute atomic E-state index is 0.264. The molecule has 0 spiro atoms. The number of ether oxygens (including phenoxy) is 1. The highest BCUT2D eigenvalue weighted by atomic mass is 16.5. The number of rotatable bonds is 14. The second-order valence-corrected chi connectivity index (χ2v) is 6.97. The summed E-state index contributed by atoms with van der Waals surface area (Å²) in [5.41, 5.74) is 0.264. The van der Waals surface area contributed by atoms with Crippen LogP contribution in [0.4, 0.5) is 0 Å². The molecule has 0 atom stereocenters. The molecule has 0 aromatic rings. The van der Waals surface area contributed by atoms with Crippen LogP contribution in [0.15, 0.2) is 0 Å². The monoisotopic (exact) mass is 285 g/mol. The Labute approximate surface area is 128 Å². The Bertz CT molecular complexity index is 186. The summed E-state index contributed by atoms with van der Waals surface area (Å²) in [6.45, 7) is 12.0. The van der Waals surface area contributed by atoms with Crippen molar-refractivity contribution in [3.63, 3.8) is 0 Å². The molecule has 0 radical (unpaired) electrons. The van der Waals surface area contributed by atoms with Crippen molar-refractivity contribution in [2.45, 2.75) is 97.4 Å². The summed E-state index contributed by atoms with van der Waals surface area (Å²) in [4.78, 5) is 0. The van der Waals surface area contributed by atoms with Gasteiger partial charge in [-0.15, -0.1) is 0 Å². The van der Waals surface area contributed by atoms with Crippen molar-refractivity contribution in [2.75, 3.05) is 19.8 Å². The molecule has 0 saturated carbocycles. The number of nitrogens with one attached hydrogen (secondary N) is 1. The first kappa shape index (κ1) is 19.9. The lowest BCUT2D eigenvalue weighted by Gasteiger charge is -2.20. The third-order valence-corrected chi connectivity index (χ3v) is 3.51. The maximum absolute atomic E-state index is 5.69. The molecule has 0 aromatic carbocycles. The molecule has 0 saturated heterocycles. The fourth-order valence-corrected chi connectivity index (χ4v) is 2.23. The summed E-state index contributed by atoms with van der Waals surface area (Å²) in [5, 5.41) is 3.53. The molecule has 0 fully saturated rings. The minimum Gasteiger partial charge on any atom is -0.381 e. The van der Waals surface area contributed by atoms with Crippen molar-refractivity contribution in [2.24, 2.45) is 0 Å². The van der Waals surface area contributed by atoms with E-state index in [2.05, 4.69) is 33.0 Å². The Morgan fingerprint density at radius 3 is 1.75 bits per heavy atom. The van der Waals surface area contributed by atoms with Gasteiger partial charge in [0, 0.05) is 18.8 Å². The fraction of sp³-hybridized carbons (Fsp3) is 1.00. The van der Waals surface area contributed by atoms with Gasteiger partial charge in [-0.25, -0.2) is 0 Å². The predicted molar refractivity (Wildman–Crippen MR) is 90.4 cm³/mol. The van der Waals surface area contributed by atoms with Crippen molar-refractivity contribution in [1.29, 1.82) is 0 Å². The average Bonchev–Trinajstić information content (AvgIpc) is 2.38. The first-order valence-corrected chi connectivity index (χ1v) is 8.89. The van der Waals surface area contributed by atoms with Gasteiger partial charge in [-0.2, -0.15) is 0 Å². The maximum atomic E-state index is 5.69. The molecule has 122 valence electrons. The molecule has 2 nitrogen and oxygen atoms in total. The molecule has 0 amide bonds. The van der Waals surface area contributed by atoms with Crippen LogP contribution in [0.25, 0.3) is 0 Å². The van der Waals surface area contributed by atoms with E-state index in [9.17, 15) is 0 Å². The first-order valence-electron chi connectivity index (χ1n) is 8.89. The third-order valence-electron chi connectivity index (χ3n) is 3.51. The molecule has 2 heteroatoms. The summed E-state index contributed by atoms with van der Waals surface area (Å²) in [7, 11) is 0. The van der Waals surface area contributed by atoms with Crippen LogP contribution in [-0.2, 0) is 4.74 Å². The quantitative estimate of drug-likeness (QED) is 0.437. The third kappa shape index (κ3) is 17.9. The van der Waals surface area contributed by atoms with Crippen molar-refractivity contribution >= 4 is 0 Å². The van der Waals surface area contributed by atoms with E-state index in [4.69, 9.17) is 4.74 Å². The highest BCUT2D eigenvalue weighted by Crippen LogP contribution is 2.06. The summed E-state index contributed by atoms with van der Waals surface area (Å²) in [6.07, 6.45) is 13.3. The number of hydrogen-bond acceptors (Lipinski definition) is 2. The van der Waals surface area contributed by atoms with E-state index < -0.39 is 0 Å². The van der Waals surface area contributed by atoms with Crippen LogP contribution in [-0.4, -0.2) is 25.3 Å². The zero-order valence-electron chi connectivity index (χ0n) is 14.6. The molecule has 0 unspecified atom stereocenters. The van der Waals surface area contributed by atoms with Gasteiger partial charge in [0.1, 0.15) is 0 Å². The zero-order chi connectivity index (χ0) is 15.1. The lowest BCUT2D eigenvalue weighted by Crippen LogP contribution is -2.36. The van der Waals surface area contributed by atoms with Crippen LogP contribution in [0.1, 0.15) is 91.9 Å². The second-order valence-electron chi connectivity index (χ2n) is 6.97. The largest absolute Gasteiger partial charge is 0.381 e. The van der Waals surface area contributed by atoms with Gasteiger partial charge in [0.15, 0.2) is 0 Å². The number of hydrogen-bond donors (Lipinski definition) is 1. The van der Waals surface area contributed by atoms with Gasteiger partial charge in [0.25, 0.3) is 0 Å². The van der Waals surface area contributed by atoms with Gasteiger partial charge >= 0.3 is 0 Å². The van der Waals surface area contributed by atoms with E-state index in [-0.39, 0.29) is 5.54 Å². The molecule has 0 aliphatic carbocycles. The highest BCUT2D eigenvalue weighted by molar-refractivity contribution is 4.69. The van der Waals surface area contributed by atoms with Gasteiger partial charge in [-0.05, 0) is 46.6 Å². The van der Waals surface area contributed by atoms with E-state index in [0.717, 1.165) is 19.8 Å². The van der Waals surface area contributed by atoms with Gasteiger partial charge in [0.2, 0.25) is 0 Å². The predicted octanol–water partition coefficient (Wildman–Crippen LogP) is 5.31. The average molecular weight is 286 g/mol. The fourth-order valence-electron chi connectivity index (χ4n) is 2.23. The van der Waals surface area contributed by atoms with Gasteiger partial charge in [0.05, 0.1) is 0 Å². The van der Waals surface area contributed by atoms with Crippen molar-refractivity contribution in [3.8, 4) is 0 Å². The smallest absolute Gasteiger partial charge is 0.0466 e. The molecule has 0 bridgehead atoms. The van der Waals surface area contributed by atoms with Crippen LogP contribution in [0.5, 0.6) is 0 Å². The van der Waals surface area contributed by atoms with Crippen LogP contribution < -0.4 is 5.32 Å². The van der Waals surface area contributed by atoms with Crippen LogP contribution >= 0.6 is 0 Å². The second kappa shape index (κ2) is 13.9. The Kier molecular flexibility index (Phi) is 13.8. The highest BCUT2D eigenvalue weighted by Gasteiger charge is 2.06. The molecule has 0 aliphatic rings. The Morgan fingerprint density at radius 2 is 1.20 bits per heavy atom. The molecule has 0 rings (SSSR count). The van der Waals surface area contributed by atoms with Gasteiger partial charge in [-0.1, -0.05) is 51.9 Å². The lowest BCUT2D eigenvalue weighted by atomic mass is 10.1. The van der Waals surface area contributed by atoms with E-state index >= 15 is 0 Å². The lowest BCUT2D eigenvalue weighted by molar-refractivity contribution is 0.125. The van der Waals surface area contributed by atoms with Crippen molar-refractivity contribution in [1.82, 2.24) is 5.32 Å². The van der Waals surface area contributed by atoms with Crippen LogP contribution in [0.3, 0.4) is 0 Å².